The number of nitrogens with zero attached hydrogens (tertiary/aromatic N) is 2. The van der Waals surface area contributed by atoms with Crippen LogP contribution >= 0.6 is 11.6 Å². The Bertz CT molecular complexity index is 980. The highest BCUT2D eigenvalue weighted by atomic mass is 35.5. The van der Waals surface area contributed by atoms with Crippen molar-refractivity contribution in [2.45, 2.75) is 26.9 Å². The zero-order chi connectivity index (χ0) is 19.4. The lowest BCUT2D eigenvalue weighted by Crippen LogP contribution is -2.27. The van der Waals surface area contributed by atoms with Gasteiger partial charge in [-0.15, -0.1) is 0 Å². The first-order valence-corrected chi connectivity index (χ1v) is 9.22. The smallest absolute Gasteiger partial charge is 0.244 e. The van der Waals surface area contributed by atoms with Crippen molar-refractivity contribution in [3.05, 3.63) is 65.3 Å². The molecule has 0 fully saturated rings. The zero-order valence-corrected chi connectivity index (χ0v) is 16.2. The van der Waals surface area contributed by atoms with Gasteiger partial charge in [-0.25, -0.2) is 0 Å². The number of nitrogens with one attached hydrogen (secondary N) is 1. The van der Waals surface area contributed by atoms with Crippen molar-refractivity contribution in [3.63, 3.8) is 0 Å². The van der Waals surface area contributed by atoms with E-state index >= 15 is 0 Å². The molecular formula is C21H22ClN3O2. The SMILES string of the molecule is CCN(Cc1cccc(NC(=O)Cn2ccc3ccc(Cl)cc32)c1)C(C)=O. The summed E-state index contributed by atoms with van der Waals surface area (Å²) in [6.45, 7) is 4.87. The van der Waals surface area contributed by atoms with E-state index in [0.29, 0.717) is 23.8 Å². The van der Waals surface area contributed by atoms with Gasteiger partial charge in [0.2, 0.25) is 11.8 Å². The van der Waals surface area contributed by atoms with E-state index in [2.05, 4.69) is 5.32 Å². The van der Waals surface area contributed by atoms with E-state index < -0.39 is 0 Å². The van der Waals surface area contributed by atoms with E-state index in [1.165, 1.54) is 0 Å². The highest BCUT2D eigenvalue weighted by Crippen LogP contribution is 2.21. The molecular weight excluding hydrogens is 362 g/mol. The minimum atomic E-state index is -0.122. The maximum absolute atomic E-state index is 12.5. The first kappa shape index (κ1) is 19.0. The average molecular weight is 384 g/mol. The molecule has 0 atom stereocenters. The molecule has 2 amide bonds. The summed E-state index contributed by atoms with van der Waals surface area (Å²) in [5, 5.41) is 4.60. The maximum Gasteiger partial charge on any atom is 0.244 e. The number of anilines is 1. The van der Waals surface area contributed by atoms with E-state index in [4.69, 9.17) is 11.6 Å². The summed E-state index contributed by atoms with van der Waals surface area (Å²) < 4.78 is 1.87. The fourth-order valence-electron chi connectivity index (χ4n) is 3.06. The van der Waals surface area contributed by atoms with Crippen molar-refractivity contribution in [1.82, 2.24) is 9.47 Å². The second-order valence-electron chi connectivity index (χ2n) is 6.43. The molecule has 3 aromatic rings. The minimum Gasteiger partial charge on any atom is -0.339 e. The second-order valence-corrected chi connectivity index (χ2v) is 6.86. The van der Waals surface area contributed by atoms with Gasteiger partial charge in [0.25, 0.3) is 0 Å². The first-order valence-electron chi connectivity index (χ1n) is 8.85. The monoisotopic (exact) mass is 383 g/mol. The van der Waals surface area contributed by atoms with Crippen LogP contribution in [0.1, 0.15) is 19.4 Å². The molecule has 0 aliphatic heterocycles. The van der Waals surface area contributed by atoms with Crippen LogP contribution in [0.5, 0.6) is 0 Å². The molecule has 0 aliphatic rings. The highest BCUT2D eigenvalue weighted by molar-refractivity contribution is 6.31. The van der Waals surface area contributed by atoms with Crippen LogP contribution in [0.25, 0.3) is 10.9 Å². The predicted octanol–water partition coefficient (Wildman–Crippen LogP) is 4.30. The van der Waals surface area contributed by atoms with Gasteiger partial charge in [0, 0.05) is 42.4 Å². The summed E-state index contributed by atoms with van der Waals surface area (Å²) in [5.74, 6) is -0.0892. The fraction of sp³-hybridized carbons (Fsp3) is 0.238. The fourth-order valence-corrected chi connectivity index (χ4v) is 3.23. The first-order chi connectivity index (χ1) is 13.0. The van der Waals surface area contributed by atoms with Crippen LogP contribution in [-0.2, 0) is 22.7 Å². The van der Waals surface area contributed by atoms with Crippen molar-refractivity contribution in [3.8, 4) is 0 Å². The number of fused-ring (bicyclic) bond motifs is 1. The number of hydrogen-bond donors (Lipinski definition) is 1. The molecule has 0 spiro atoms. The summed E-state index contributed by atoms with van der Waals surface area (Å²) >= 11 is 6.07. The Morgan fingerprint density at radius 1 is 1.15 bits per heavy atom. The molecule has 0 unspecified atom stereocenters. The van der Waals surface area contributed by atoms with Gasteiger partial charge in [-0.3, -0.25) is 9.59 Å². The number of halogens is 1. The zero-order valence-electron chi connectivity index (χ0n) is 15.4. The van der Waals surface area contributed by atoms with Crippen LogP contribution in [0.2, 0.25) is 5.02 Å². The molecule has 1 aromatic heterocycles. The normalized spacial score (nSPS) is 10.8. The molecule has 1 N–H and O–H groups in total. The van der Waals surface area contributed by atoms with Gasteiger partial charge >= 0.3 is 0 Å². The maximum atomic E-state index is 12.5. The van der Waals surface area contributed by atoms with Crippen LogP contribution in [0.3, 0.4) is 0 Å². The second kappa shape index (κ2) is 8.27. The number of rotatable bonds is 6. The third-order valence-electron chi connectivity index (χ3n) is 4.46. The van der Waals surface area contributed by atoms with E-state index in [-0.39, 0.29) is 18.4 Å². The third-order valence-corrected chi connectivity index (χ3v) is 4.70. The summed E-state index contributed by atoms with van der Waals surface area (Å²) in [6.07, 6.45) is 1.88. The van der Waals surface area contributed by atoms with Gasteiger partial charge in [0.15, 0.2) is 0 Å². The van der Waals surface area contributed by atoms with Crippen LogP contribution in [0.15, 0.2) is 54.7 Å². The van der Waals surface area contributed by atoms with E-state index in [0.717, 1.165) is 16.5 Å². The van der Waals surface area contributed by atoms with Gasteiger partial charge in [-0.1, -0.05) is 29.8 Å². The minimum absolute atomic E-state index is 0.0325. The number of carbonyl (C=O) groups excluding carboxylic acids is 2. The molecule has 0 aliphatic carbocycles. The van der Waals surface area contributed by atoms with E-state index in [9.17, 15) is 9.59 Å². The number of amides is 2. The van der Waals surface area contributed by atoms with Crippen molar-refractivity contribution in [2.24, 2.45) is 0 Å². The van der Waals surface area contributed by atoms with Gasteiger partial charge < -0.3 is 14.8 Å². The summed E-state index contributed by atoms with van der Waals surface area (Å²) in [6, 6.07) is 15.1. The van der Waals surface area contributed by atoms with Crippen LogP contribution in [-0.4, -0.2) is 27.8 Å². The number of carbonyl (C=O) groups is 2. The third kappa shape index (κ3) is 4.68. The molecule has 0 saturated carbocycles. The highest BCUT2D eigenvalue weighted by Gasteiger charge is 2.10. The van der Waals surface area contributed by atoms with Crippen molar-refractivity contribution in [2.75, 3.05) is 11.9 Å². The van der Waals surface area contributed by atoms with Crippen molar-refractivity contribution < 1.29 is 9.59 Å². The van der Waals surface area contributed by atoms with Gasteiger partial charge in [0.05, 0.1) is 0 Å². The van der Waals surface area contributed by atoms with E-state index in [1.807, 2.05) is 66.2 Å². The molecule has 5 nitrogen and oxygen atoms in total. The summed E-state index contributed by atoms with van der Waals surface area (Å²) in [7, 11) is 0. The molecule has 2 aromatic carbocycles. The number of aromatic nitrogens is 1. The Labute approximate surface area is 163 Å². The molecule has 140 valence electrons. The Hall–Kier alpha value is -2.79. The number of benzene rings is 2. The molecule has 6 heteroatoms. The molecule has 0 saturated heterocycles. The topological polar surface area (TPSA) is 54.3 Å². The van der Waals surface area contributed by atoms with Crippen molar-refractivity contribution >= 4 is 40.0 Å². The Kier molecular flexibility index (Phi) is 5.81. The van der Waals surface area contributed by atoms with Gasteiger partial charge in [0.1, 0.15) is 6.54 Å². The molecule has 27 heavy (non-hydrogen) atoms. The van der Waals surface area contributed by atoms with Crippen LogP contribution < -0.4 is 5.32 Å². The van der Waals surface area contributed by atoms with Gasteiger partial charge in [-0.05, 0) is 48.2 Å². The quantitative estimate of drug-likeness (QED) is 0.689. The lowest BCUT2D eigenvalue weighted by molar-refractivity contribution is -0.129. The standard InChI is InChI=1S/C21H22ClN3O2/c1-3-24(15(2)26)13-16-5-4-6-19(11-16)23-21(27)14-25-10-9-17-7-8-18(22)12-20(17)25/h4-12H,3,13-14H2,1-2H3,(H,23,27). The van der Waals surface area contributed by atoms with E-state index in [1.54, 1.807) is 11.8 Å². The Morgan fingerprint density at radius 2 is 1.96 bits per heavy atom. The summed E-state index contributed by atoms with van der Waals surface area (Å²) in [5.41, 5.74) is 2.61. The number of hydrogen-bond acceptors (Lipinski definition) is 2. The molecule has 1 heterocycles. The molecule has 3 rings (SSSR count). The largest absolute Gasteiger partial charge is 0.339 e. The van der Waals surface area contributed by atoms with Crippen molar-refractivity contribution in [1.29, 1.82) is 0 Å². The predicted molar refractivity (Wildman–Crippen MR) is 109 cm³/mol. The van der Waals surface area contributed by atoms with Crippen LogP contribution in [0, 0.1) is 0 Å². The molecule has 0 radical (unpaired) electrons. The lowest BCUT2D eigenvalue weighted by Gasteiger charge is -2.19. The Balaban J connectivity index is 1.69. The Morgan fingerprint density at radius 3 is 2.70 bits per heavy atom. The van der Waals surface area contributed by atoms with Gasteiger partial charge in [-0.2, -0.15) is 0 Å². The van der Waals surface area contributed by atoms with Crippen LogP contribution in [0.4, 0.5) is 5.69 Å². The lowest BCUT2D eigenvalue weighted by atomic mass is 10.2. The molecule has 0 bridgehead atoms. The average Bonchev–Trinajstić information content (AvgIpc) is 3.01. The summed E-state index contributed by atoms with van der Waals surface area (Å²) in [4.78, 5) is 25.8.